The van der Waals surface area contributed by atoms with Crippen LogP contribution in [0.2, 0.25) is 0 Å². The highest BCUT2D eigenvalue weighted by molar-refractivity contribution is 4.90. The summed E-state index contributed by atoms with van der Waals surface area (Å²) in [6, 6.07) is 0.911. The highest BCUT2D eigenvalue weighted by atomic mass is 15.2. The molecule has 2 heteroatoms. The van der Waals surface area contributed by atoms with E-state index in [1.807, 2.05) is 0 Å². The van der Waals surface area contributed by atoms with E-state index in [1.54, 1.807) is 0 Å². The van der Waals surface area contributed by atoms with Gasteiger partial charge in [0.05, 0.1) is 0 Å². The average Bonchev–Trinajstić information content (AvgIpc) is 3.21. The summed E-state index contributed by atoms with van der Waals surface area (Å²) in [5, 5.41) is 3.66. The van der Waals surface area contributed by atoms with Gasteiger partial charge in [0.15, 0.2) is 0 Å². The minimum atomic E-state index is 0.493. The van der Waals surface area contributed by atoms with Gasteiger partial charge in [0.25, 0.3) is 0 Å². The molecule has 1 saturated carbocycles. The predicted molar refractivity (Wildman–Crippen MR) is 81.1 cm³/mol. The molecule has 1 aliphatic rings. The molecule has 0 aromatic heterocycles. The molecule has 1 N–H and O–H groups in total. The molecule has 108 valence electrons. The maximum absolute atomic E-state index is 3.66. The zero-order chi connectivity index (χ0) is 13.4. The number of nitrogens with one attached hydrogen (secondary N) is 1. The van der Waals surface area contributed by atoms with Gasteiger partial charge in [-0.25, -0.2) is 0 Å². The molecule has 1 rings (SSSR count). The monoisotopic (exact) mass is 254 g/mol. The first-order valence-corrected chi connectivity index (χ1v) is 8.16. The molecule has 0 aromatic rings. The van der Waals surface area contributed by atoms with Crippen molar-refractivity contribution in [2.75, 3.05) is 26.2 Å². The molecule has 0 aliphatic heterocycles. The molecule has 0 atom stereocenters. The van der Waals surface area contributed by atoms with E-state index in [2.05, 4.69) is 37.9 Å². The van der Waals surface area contributed by atoms with Crippen LogP contribution in [-0.4, -0.2) is 37.1 Å². The van der Waals surface area contributed by atoms with Gasteiger partial charge in [-0.3, -0.25) is 4.90 Å². The second-order valence-electron chi connectivity index (χ2n) is 6.09. The minimum absolute atomic E-state index is 0.493. The Bertz CT molecular complexity index is 207. The van der Waals surface area contributed by atoms with E-state index in [0.29, 0.717) is 5.41 Å². The first kappa shape index (κ1) is 16.0. The number of nitrogens with zero attached hydrogens (tertiary/aromatic N) is 1. The van der Waals surface area contributed by atoms with Crippen molar-refractivity contribution < 1.29 is 0 Å². The summed E-state index contributed by atoms with van der Waals surface area (Å²) in [5.41, 5.74) is 0.493. The van der Waals surface area contributed by atoms with Crippen LogP contribution in [0.4, 0.5) is 0 Å². The van der Waals surface area contributed by atoms with Crippen molar-refractivity contribution in [3.05, 3.63) is 0 Å². The van der Waals surface area contributed by atoms with Crippen molar-refractivity contribution in [3.63, 3.8) is 0 Å². The molecule has 1 fully saturated rings. The van der Waals surface area contributed by atoms with E-state index < -0.39 is 0 Å². The Morgan fingerprint density at radius 1 is 1.06 bits per heavy atom. The lowest BCUT2D eigenvalue weighted by molar-refractivity contribution is 0.128. The fourth-order valence-corrected chi connectivity index (χ4v) is 2.86. The molecular formula is C16H34N2. The molecule has 1 aliphatic carbocycles. The highest BCUT2D eigenvalue weighted by Gasteiger charge is 2.35. The van der Waals surface area contributed by atoms with Gasteiger partial charge >= 0.3 is 0 Å². The number of hydrogen-bond donors (Lipinski definition) is 1. The Labute approximate surface area is 115 Å². The third-order valence-corrected chi connectivity index (χ3v) is 4.54. The molecule has 0 spiro atoms. The van der Waals surface area contributed by atoms with Crippen molar-refractivity contribution in [1.29, 1.82) is 0 Å². The van der Waals surface area contributed by atoms with Crippen molar-refractivity contribution in [3.8, 4) is 0 Å². The van der Waals surface area contributed by atoms with E-state index in [1.165, 1.54) is 64.7 Å². The van der Waals surface area contributed by atoms with Crippen LogP contribution in [-0.2, 0) is 0 Å². The molecule has 0 radical (unpaired) electrons. The summed E-state index contributed by atoms with van der Waals surface area (Å²) in [5.74, 6) is 0. The van der Waals surface area contributed by atoms with E-state index in [0.717, 1.165) is 6.04 Å². The van der Waals surface area contributed by atoms with Crippen LogP contribution in [0, 0.1) is 5.41 Å². The molecule has 0 unspecified atom stereocenters. The lowest BCUT2D eigenvalue weighted by Crippen LogP contribution is -2.45. The zero-order valence-corrected chi connectivity index (χ0v) is 13.1. The van der Waals surface area contributed by atoms with Gasteiger partial charge in [0.2, 0.25) is 0 Å². The fraction of sp³-hybridized carbons (Fsp3) is 1.00. The van der Waals surface area contributed by atoms with Crippen molar-refractivity contribution in [2.45, 2.75) is 72.3 Å². The van der Waals surface area contributed by atoms with Crippen LogP contribution in [0.3, 0.4) is 0 Å². The van der Waals surface area contributed by atoms with Crippen molar-refractivity contribution in [1.82, 2.24) is 10.2 Å². The Morgan fingerprint density at radius 2 is 1.72 bits per heavy atom. The molecule has 0 bridgehead atoms. The average molecular weight is 254 g/mol. The molecule has 2 nitrogen and oxygen atoms in total. The third-order valence-electron chi connectivity index (χ3n) is 4.54. The predicted octanol–water partition coefficient (Wildman–Crippen LogP) is 3.67. The summed E-state index contributed by atoms with van der Waals surface area (Å²) < 4.78 is 0. The SMILES string of the molecule is CCCNCC(CC)(CC)CN(CCC)C1CC1. The molecule has 0 aromatic carbocycles. The van der Waals surface area contributed by atoms with Crippen molar-refractivity contribution >= 4 is 0 Å². The quantitative estimate of drug-likeness (QED) is 0.566. The van der Waals surface area contributed by atoms with Crippen LogP contribution >= 0.6 is 0 Å². The highest BCUT2D eigenvalue weighted by Crippen LogP contribution is 2.33. The lowest BCUT2D eigenvalue weighted by Gasteiger charge is -2.38. The molecular weight excluding hydrogens is 220 g/mol. The van der Waals surface area contributed by atoms with E-state index >= 15 is 0 Å². The van der Waals surface area contributed by atoms with Crippen molar-refractivity contribution in [2.24, 2.45) is 5.41 Å². The topological polar surface area (TPSA) is 15.3 Å². The Hall–Kier alpha value is -0.0800. The molecule has 0 saturated heterocycles. The third kappa shape index (κ3) is 4.89. The summed E-state index contributed by atoms with van der Waals surface area (Å²) in [4.78, 5) is 2.76. The van der Waals surface area contributed by atoms with Crippen LogP contribution < -0.4 is 5.32 Å². The van der Waals surface area contributed by atoms with Gasteiger partial charge in [0.1, 0.15) is 0 Å². The zero-order valence-electron chi connectivity index (χ0n) is 13.1. The second kappa shape index (κ2) is 8.16. The van der Waals surface area contributed by atoms with Gasteiger partial charge in [-0.2, -0.15) is 0 Å². The number of rotatable bonds is 11. The van der Waals surface area contributed by atoms with Crippen LogP contribution in [0.5, 0.6) is 0 Å². The smallest absolute Gasteiger partial charge is 0.00966 e. The van der Waals surface area contributed by atoms with Gasteiger partial charge < -0.3 is 5.32 Å². The second-order valence-corrected chi connectivity index (χ2v) is 6.09. The largest absolute Gasteiger partial charge is 0.316 e. The Kier molecular flexibility index (Phi) is 7.25. The van der Waals surface area contributed by atoms with Gasteiger partial charge in [0, 0.05) is 19.1 Å². The number of hydrogen-bond acceptors (Lipinski definition) is 2. The first-order valence-electron chi connectivity index (χ1n) is 8.16. The van der Waals surface area contributed by atoms with E-state index in [-0.39, 0.29) is 0 Å². The summed E-state index contributed by atoms with van der Waals surface area (Å²) in [6.45, 7) is 14.3. The molecule has 0 amide bonds. The van der Waals surface area contributed by atoms with Crippen LogP contribution in [0.1, 0.15) is 66.2 Å². The fourth-order valence-electron chi connectivity index (χ4n) is 2.86. The summed E-state index contributed by atoms with van der Waals surface area (Å²) in [6.07, 6.45) is 8.01. The Morgan fingerprint density at radius 3 is 2.17 bits per heavy atom. The normalized spacial score (nSPS) is 16.5. The molecule has 0 heterocycles. The maximum Gasteiger partial charge on any atom is 0.00966 e. The maximum atomic E-state index is 3.66. The minimum Gasteiger partial charge on any atom is -0.316 e. The molecule has 18 heavy (non-hydrogen) atoms. The summed E-state index contributed by atoms with van der Waals surface area (Å²) in [7, 11) is 0. The Balaban J connectivity index is 2.51. The lowest BCUT2D eigenvalue weighted by atomic mass is 9.81. The van der Waals surface area contributed by atoms with E-state index in [9.17, 15) is 0 Å². The van der Waals surface area contributed by atoms with Crippen LogP contribution in [0.25, 0.3) is 0 Å². The van der Waals surface area contributed by atoms with E-state index in [4.69, 9.17) is 0 Å². The van der Waals surface area contributed by atoms with Gasteiger partial charge in [-0.1, -0.05) is 27.7 Å². The first-order chi connectivity index (χ1) is 8.71. The van der Waals surface area contributed by atoms with Gasteiger partial charge in [-0.05, 0) is 57.0 Å². The summed E-state index contributed by atoms with van der Waals surface area (Å²) >= 11 is 0. The van der Waals surface area contributed by atoms with Crippen LogP contribution in [0.15, 0.2) is 0 Å². The van der Waals surface area contributed by atoms with Gasteiger partial charge in [-0.15, -0.1) is 0 Å². The standard InChI is InChI=1S/C16H34N2/c1-5-11-17-13-16(7-3,8-4)14-18(12-6-2)15-9-10-15/h15,17H,5-14H2,1-4H3.